The Morgan fingerprint density at radius 3 is 2.40 bits per heavy atom. The first-order chi connectivity index (χ1) is 12.0. The summed E-state index contributed by atoms with van der Waals surface area (Å²) in [4.78, 5) is 25.0. The number of carbonyl (C=O) groups is 2. The van der Waals surface area contributed by atoms with Crippen LogP contribution in [0.1, 0.15) is 26.2 Å². The van der Waals surface area contributed by atoms with Crippen molar-refractivity contribution in [2.45, 2.75) is 38.3 Å². The molecule has 2 unspecified atom stereocenters. The van der Waals surface area contributed by atoms with Crippen molar-refractivity contribution in [3.8, 4) is 11.5 Å². The van der Waals surface area contributed by atoms with Crippen molar-refractivity contribution in [3.63, 3.8) is 0 Å². The van der Waals surface area contributed by atoms with Crippen LogP contribution in [0.2, 0.25) is 0 Å². The molecule has 2 rings (SSSR count). The van der Waals surface area contributed by atoms with E-state index < -0.39 is 12.0 Å². The Morgan fingerprint density at radius 2 is 1.84 bits per heavy atom. The van der Waals surface area contributed by atoms with Gasteiger partial charge in [0.1, 0.15) is 17.5 Å². The van der Waals surface area contributed by atoms with Gasteiger partial charge in [0, 0.05) is 26.5 Å². The minimum atomic E-state index is -0.987. The minimum Gasteiger partial charge on any atom is -0.494 e. The van der Waals surface area contributed by atoms with Gasteiger partial charge in [-0.15, -0.1) is 0 Å². The van der Waals surface area contributed by atoms with Crippen LogP contribution in [0, 0.1) is 0 Å². The summed E-state index contributed by atoms with van der Waals surface area (Å²) in [7, 11) is 1.53. The SMILES string of the molecule is CCOc1ccc(OCCCC(=O)N2CC(OC)CC2C(=O)O)cc1. The van der Waals surface area contributed by atoms with E-state index in [9.17, 15) is 14.7 Å². The lowest BCUT2D eigenvalue weighted by atomic mass is 10.2. The minimum absolute atomic E-state index is 0.178. The standard InChI is InChI=1S/C18H25NO6/c1-3-24-13-6-8-14(9-7-13)25-10-4-5-17(20)19-12-15(23-2)11-16(19)18(21)22/h6-9,15-16H,3-5,10-12H2,1-2H3,(H,21,22). The summed E-state index contributed by atoms with van der Waals surface area (Å²) in [5.74, 6) is 0.326. The quantitative estimate of drug-likeness (QED) is 0.685. The number of aliphatic carboxylic acids is 1. The molecule has 0 saturated carbocycles. The average Bonchev–Trinajstić information content (AvgIpc) is 3.05. The monoisotopic (exact) mass is 351 g/mol. The molecule has 25 heavy (non-hydrogen) atoms. The molecule has 1 aliphatic heterocycles. The number of carbonyl (C=O) groups excluding carboxylic acids is 1. The Morgan fingerprint density at radius 1 is 1.20 bits per heavy atom. The highest BCUT2D eigenvalue weighted by molar-refractivity contribution is 5.84. The van der Waals surface area contributed by atoms with E-state index in [1.807, 2.05) is 31.2 Å². The van der Waals surface area contributed by atoms with Crippen LogP contribution >= 0.6 is 0 Å². The molecule has 2 atom stereocenters. The molecular formula is C18H25NO6. The third-order valence-electron chi connectivity index (χ3n) is 4.14. The van der Waals surface area contributed by atoms with Crippen molar-refractivity contribution in [3.05, 3.63) is 24.3 Å². The molecule has 1 heterocycles. The van der Waals surface area contributed by atoms with E-state index in [0.717, 1.165) is 5.75 Å². The highest BCUT2D eigenvalue weighted by Gasteiger charge is 2.39. The van der Waals surface area contributed by atoms with Crippen LogP contribution in [-0.2, 0) is 14.3 Å². The zero-order valence-corrected chi connectivity index (χ0v) is 14.6. The molecule has 0 radical (unpaired) electrons. The van der Waals surface area contributed by atoms with Crippen molar-refractivity contribution in [2.24, 2.45) is 0 Å². The first kappa shape index (κ1) is 19.1. The van der Waals surface area contributed by atoms with Crippen LogP contribution in [0.4, 0.5) is 0 Å². The number of benzene rings is 1. The third kappa shape index (κ3) is 5.35. The molecule has 7 nitrogen and oxygen atoms in total. The molecule has 1 fully saturated rings. The Hall–Kier alpha value is -2.28. The smallest absolute Gasteiger partial charge is 0.326 e. The Bertz CT molecular complexity index is 573. The van der Waals surface area contributed by atoms with E-state index in [2.05, 4.69) is 0 Å². The summed E-state index contributed by atoms with van der Waals surface area (Å²) in [6.07, 6.45) is 0.884. The number of amides is 1. The van der Waals surface area contributed by atoms with Gasteiger partial charge in [-0.1, -0.05) is 0 Å². The second-order valence-corrected chi connectivity index (χ2v) is 5.85. The Balaban J connectivity index is 1.75. The van der Waals surface area contributed by atoms with Gasteiger partial charge in [0.25, 0.3) is 0 Å². The number of hydrogen-bond donors (Lipinski definition) is 1. The van der Waals surface area contributed by atoms with Gasteiger partial charge in [0.05, 0.1) is 19.3 Å². The molecule has 1 aliphatic rings. The van der Waals surface area contributed by atoms with Crippen molar-refractivity contribution in [2.75, 3.05) is 26.9 Å². The normalized spacial score (nSPS) is 19.7. The molecule has 1 aromatic rings. The number of rotatable bonds is 9. The van der Waals surface area contributed by atoms with Crippen molar-refractivity contribution in [1.82, 2.24) is 4.90 Å². The lowest BCUT2D eigenvalue weighted by Crippen LogP contribution is -2.40. The van der Waals surface area contributed by atoms with Gasteiger partial charge in [-0.2, -0.15) is 0 Å². The summed E-state index contributed by atoms with van der Waals surface area (Å²) in [6.45, 7) is 3.25. The van der Waals surface area contributed by atoms with Crippen molar-refractivity contribution < 1.29 is 28.9 Å². The zero-order chi connectivity index (χ0) is 18.2. The lowest BCUT2D eigenvalue weighted by molar-refractivity contribution is -0.148. The number of carboxylic acid groups (broad SMARTS) is 1. The third-order valence-corrected chi connectivity index (χ3v) is 4.14. The number of methoxy groups -OCH3 is 1. The lowest BCUT2D eigenvalue weighted by Gasteiger charge is -2.21. The fourth-order valence-electron chi connectivity index (χ4n) is 2.83. The molecule has 0 bridgehead atoms. The molecule has 1 amide bonds. The number of nitrogens with zero attached hydrogens (tertiary/aromatic N) is 1. The number of carboxylic acids is 1. The van der Waals surface area contributed by atoms with Gasteiger partial charge in [0.2, 0.25) is 5.91 Å². The Labute approximate surface area is 147 Å². The fraction of sp³-hybridized carbons (Fsp3) is 0.556. The first-order valence-corrected chi connectivity index (χ1v) is 8.45. The summed E-state index contributed by atoms with van der Waals surface area (Å²) < 4.78 is 16.1. The van der Waals surface area contributed by atoms with Crippen LogP contribution in [0.15, 0.2) is 24.3 Å². The van der Waals surface area contributed by atoms with Gasteiger partial charge in [-0.05, 0) is 37.6 Å². The van der Waals surface area contributed by atoms with Crippen molar-refractivity contribution >= 4 is 11.9 Å². The van der Waals surface area contributed by atoms with Crippen LogP contribution in [0.3, 0.4) is 0 Å². The molecule has 1 aromatic carbocycles. The zero-order valence-electron chi connectivity index (χ0n) is 14.6. The maximum Gasteiger partial charge on any atom is 0.326 e. The highest BCUT2D eigenvalue weighted by atomic mass is 16.5. The maximum atomic E-state index is 12.3. The second-order valence-electron chi connectivity index (χ2n) is 5.85. The summed E-state index contributed by atoms with van der Waals surface area (Å²) in [6, 6.07) is 6.49. The van der Waals surface area contributed by atoms with Crippen LogP contribution in [0.25, 0.3) is 0 Å². The van der Waals surface area contributed by atoms with E-state index >= 15 is 0 Å². The van der Waals surface area contributed by atoms with E-state index in [1.54, 1.807) is 0 Å². The van der Waals surface area contributed by atoms with Crippen LogP contribution in [0.5, 0.6) is 11.5 Å². The molecule has 0 spiro atoms. The molecule has 138 valence electrons. The number of hydrogen-bond acceptors (Lipinski definition) is 5. The van der Waals surface area contributed by atoms with E-state index in [-0.39, 0.29) is 18.4 Å². The van der Waals surface area contributed by atoms with Gasteiger partial charge in [-0.25, -0.2) is 4.79 Å². The summed E-state index contributed by atoms with van der Waals surface area (Å²) in [5.41, 5.74) is 0. The second kappa shape index (κ2) is 9.27. The molecule has 7 heteroatoms. The molecule has 1 N–H and O–H groups in total. The summed E-state index contributed by atoms with van der Waals surface area (Å²) in [5, 5.41) is 9.24. The van der Waals surface area contributed by atoms with Gasteiger partial charge < -0.3 is 24.2 Å². The maximum absolute atomic E-state index is 12.3. The topological polar surface area (TPSA) is 85.3 Å². The largest absolute Gasteiger partial charge is 0.494 e. The number of likely N-dealkylation sites (tertiary alicyclic amines) is 1. The van der Waals surface area contributed by atoms with E-state index in [1.165, 1.54) is 12.0 Å². The van der Waals surface area contributed by atoms with Crippen LogP contribution in [-0.4, -0.2) is 60.9 Å². The van der Waals surface area contributed by atoms with E-state index in [4.69, 9.17) is 14.2 Å². The highest BCUT2D eigenvalue weighted by Crippen LogP contribution is 2.22. The Kier molecular flexibility index (Phi) is 7.06. The van der Waals surface area contributed by atoms with E-state index in [0.29, 0.717) is 38.3 Å². The predicted molar refractivity (Wildman–Crippen MR) is 90.9 cm³/mol. The van der Waals surface area contributed by atoms with Gasteiger partial charge >= 0.3 is 5.97 Å². The summed E-state index contributed by atoms with van der Waals surface area (Å²) >= 11 is 0. The average molecular weight is 351 g/mol. The van der Waals surface area contributed by atoms with Crippen LogP contribution < -0.4 is 9.47 Å². The molecule has 0 aromatic heterocycles. The van der Waals surface area contributed by atoms with Gasteiger partial charge in [0.15, 0.2) is 0 Å². The predicted octanol–water partition coefficient (Wildman–Crippen LogP) is 1.94. The van der Waals surface area contributed by atoms with Crippen molar-refractivity contribution in [1.29, 1.82) is 0 Å². The molecule has 1 saturated heterocycles. The molecular weight excluding hydrogens is 326 g/mol. The van der Waals surface area contributed by atoms with Gasteiger partial charge in [-0.3, -0.25) is 4.79 Å². The fourth-order valence-corrected chi connectivity index (χ4v) is 2.83. The number of ether oxygens (including phenoxy) is 3. The first-order valence-electron chi connectivity index (χ1n) is 8.45. The molecule has 0 aliphatic carbocycles.